The van der Waals surface area contributed by atoms with Gasteiger partial charge in [0.1, 0.15) is 5.75 Å². The lowest BCUT2D eigenvalue weighted by Crippen LogP contribution is -1.93. The molecule has 12 heavy (non-hydrogen) atoms. The summed E-state index contributed by atoms with van der Waals surface area (Å²) in [5, 5.41) is 8.43. The third-order valence-corrected chi connectivity index (χ3v) is 2.10. The second-order valence-electron chi connectivity index (χ2n) is 2.23. The monoisotopic (exact) mass is 184 g/mol. The second-order valence-corrected chi connectivity index (χ2v) is 2.94. The highest BCUT2D eigenvalue weighted by molar-refractivity contribution is 7.97. The molecule has 3 N–H and O–H groups in total. The summed E-state index contributed by atoms with van der Waals surface area (Å²) in [6, 6.07) is 5.78. The summed E-state index contributed by atoms with van der Waals surface area (Å²) in [5.41, 5.74) is 0.968. The van der Waals surface area contributed by atoms with E-state index in [1.54, 1.807) is 7.11 Å². The third-order valence-electron chi connectivity index (χ3n) is 1.58. The first-order valence-electron chi connectivity index (χ1n) is 3.54. The highest BCUT2D eigenvalue weighted by Gasteiger charge is 2.01. The number of rotatable bonds is 3. The molecule has 0 bridgehead atoms. The van der Waals surface area contributed by atoms with E-state index in [4.69, 9.17) is 9.88 Å². The van der Waals surface area contributed by atoms with E-state index >= 15 is 0 Å². The number of hydrogen-bond donors (Lipinski definition) is 2. The van der Waals surface area contributed by atoms with Crippen LogP contribution in [0.25, 0.3) is 0 Å². The first-order valence-corrected chi connectivity index (χ1v) is 4.42. The molecular weight excluding hydrogens is 172 g/mol. The summed E-state index contributed by atoms with van der Waals surface area (Å²) in [6.07, 6.45) is 0. The Labute approximate surface area is 76.4 Å². The normalized spacial score (nSPS) is 9.58. The van der Waals surface area contributed by atoms with Gasteiger partial charge in [-0.1, -0.05) is 0 Å². The van der Waals surface area contributed by atoms with Crippen LogP contribution in [0, 0.1) is 0 Å². The van der Waals surface area contributed by atoms with E-state index in [-0.39, 0.29) is 0 Å². The SMILES string of the molecule is CNc1ccc(SN)cc1OC. The Balaban J connectivity index is 3.02. The maximum absolute atomic E-state index is 5.41. The van der Waals surface area contributed by atoms with Crippen molar-refractivity contribution in [3.05, 3.63) is 18.2 Å². The molecule has 1 rings (SSSR count). The number of hydrogen-bond acceptors (Lipinski definition) is 4. The lowest BCUT2D eigenvalue weighted by molar-refractivity contribution is 0.415. The van der Waals surface area contributed by atoms with Gasteiger partial charge >= 0.3 is 0 Å². The topological polar surface area (TPSA) is 47.3 Å². The largest absolute Gasteiger partial charge is 0.495 e. The van der Waals surface area contributed by atoms with Crippen molar-refractivity contribution in [3.63, 3.8) is 0 Å². The Morgan fingerprint density at radius 3 is 2.75 bits per heavy atom. The third kappa shape index (κ3) is 1.84. The molecule has 0 heterocycles. The Hall–Kier alpha value is -0.870. The van der Waals surface area contributed by atoms with Crippen LogP contribution in [0.3, 0.4) is 0 Å². The molecule has 1 aromatic carbocycles. The minimum atomic E-state index is 0.813. The second kappa shape index (κ2) is 4.23. The highest BCUT2D eigenvalue weighted by Crippen LogP contribution is 2.27. The van der Waals surface area contributed by atoms with Crippen LogP contribution in [0.1, 0.15) is 0 Å². The van der Waals surface area contributed by atoms with Crippen molar-refractivity contribution in [2.75, 3.05) is 19.5 Å². The van der Waals surface area contributed by atoms with Crippen molar-refractivity contribution in [2.24, 2.45) is 5.14 Å². The zero-order valence-electron chi connectivity index (χ0n) is 7.13. The van der Waals surface area contributed by atoms with Gasteiger partial charge in [0.2, 0.25) is 0 Å². The fourth-order valence-corrected chi connectivity index (χ4v) is 1.27. The molecular formula is C8H12N2OS. The van der Waals surface area contributed by atoms with E-state index in [1.165, 1.54) is 11.9 Å². The van der Waals surface area contributed by atoms with Gasteiger partial charge in [-0.25, -0.2) is 0 Å². The van der Waals surface area contributed by atoms with Crippen LogP contribution < -0.4 is 15.2 Å². The molecule has 0 fully saturated rings. The summed E-state index contributed by atoms with van der Waals surface area (Å²) in [7, 11) is 3.49. The zero-order chi connectivity index (χ0) is 8.97. The van der Waals surface area contributed by atoms with Gasteiger partial charge < -0.3 is 10.1 Å². The molecule has 3 nitrogen and oxygen atoms in total. The summed E-state index contributed by atoms with van der Waals surface area (Å²) in [4.78, 5) is 0.992. The Morgan fingerprint density at radius 1 is 1.50 bits per heavy atom. The summed E-state index contributed by atoms with van der Waals surface area (Å²) in [6.45, 7) is 0. The van der Waals surface area contributed by atoms with E-state index < -0.39 is 0 Å². The first-order chi connectivity index (χ1) is 5.81. The van der Waals surface area contributed by atoms with Crippen molar-refractivity contribution in [2.45, 2.75) is 4.90 Å². The molecule has 0 aromatic heterocycles. The van der Waals surface area contributed by atoms with Gasteiger partial charge in [0.15, 0.2) is 0 Å². The van der Waals surface area contributed by atoms with Crippen LogP contribution in [-0.4, -0.2) is 14.2 Å². The maximum Gasteiger partial charge on any atom is 0.143 e. The predicted octanol–water partition coefficient (Wildman–Crippen LogP) is 1.70. The van der Waals surface area contributed by atoms with Gasteiger partial charge in [0, 0.05) is 11.9 Å². The molecule has 4 heteroatoms. The van der Waals surface area contributed by atoms with E-state index in [9.17, 15) is 0 Å². The highest BCUT2D eigenvalue weighted by atomic mass is 32.2. The predicted molar refractivity (Wildman–Crippen MR) is 52.6 cm³/mol. The van der Waals surface area contributed by atoms with Crippen molar-refractivity contribution < 1.29 is 4.74 Å². The van der Waals surface area contributed by atoms with E-state index in [2.05, 4.69) is 5.32 Å². The lowest BCUT2D eigenvalue weighted by Gasteiger charge is -2.08. The maximum atomic E-state index is 5.41. The van der Waals surface area contributed by atoms with Gasteiger partial charge in [-0.2, -0.15) is 0 Å². The number of ether oxygens (including phenoxy) is 1. The van der Waals surface area contributed by atoms with Crippen LogP contribution in [0.15, 0.2) is 23.1 Å². The van der Waals surface area contributed by atoms with E-state index in [0.29, 0.717) is 0 Å². The summed E-state index contributed by atoms with van der Waals surface area (Å²) < 4.78 is 5.15. The molecule has 0 aliphatic rings. The van der Waals surface area contributed by atoms with Crippen LogP contribution in [-0.2, 0) is 0 Å². The van der Waals surface area contributed by atoms with Gasteiger partial charge in [0.25, 0.3) is 0 Å². The van der Waals surface area contributed by atoms with Crippen molar-refractivity contribution in [3.8, 4) is 5.75 Å². The fourth-order valence-electron chi connectivity index (χ4n) is 0.951. The summed E-state index contributed by atoms with van der Waals surface area (Å²) >= 11 is 1.21. The quantitative estimate of drug-likeness (QED) is 0.702. The van der Waals surface area contributed by atoms with Gasteiger partial charge in [0.05, 0.1) is 12.8 Å². The van der Waals surface area contributed by atoms with E-state index in [0.717, 1.165) is 16.3 Å². The summed E-state index contributed by atoms with van der Waals surface area (Å²) in [5.74, 6) is 0.813. The van der Waals surface area contributed by atoms with E-state index in [1.807, 2.05) is 25.2 Å². The van der Waals surface area contributed by atoms with Gasteiger partial charge in [-0.3, -0.25) is 5.14 Å². The zero-order valence-corrected chi connectivity index (χ0v) is 7.94. The van der Waals surface area contributed by atoms with Crippen molar-refractivity contribution in [1.29, 1.82) is 0 Å². The molecule has 0 atom stereocenters. The van der Waals surface area contributed by atoms with Crippen LogP contribution in [0.5, 0.6) is 5.75 Å². The average molecular weight is 184 g/mol. The molecule has 0 aliphatic carbocycles. The Bertz CT molecular complexity index is 265. The standard InChI is InChI=1S/C8H12N2OS/c1-10-7-4-3-6(12-9)5-8(7)11-2/h3-5,10H,9H2,1-2H3. The Morgan fingerprint density at radius 2 is 2.25 bits per heavy atom. The van der Waals surface area contributed by atoms with Crippen LogP contribution >= 0.6 is 11.9 Å². The fraction of sp³-hybridized carbons (Fsp3) is 0.250. The minimum Gasteiger partial charge on any atom is -0.495 e. The molecule has 0 aliphatic heterocycles. The van der Waals surface area contributed by atoms with Gasteiger partial charge in [-0.05, 0) is 30.1 Å². The smallest absolute Gasteiger partial charge is 0.143 e. The number of methoxy groups -OCH3 is 1. The number of benzene rings is 1. The number of nitrogens with one attached hydrogen (secondary N) is 1. The minimum absolute atomic E-state index is 0.813. The van der Waals surface area contributed by atoms with Crippen molar-refractivity contribution >= 4 is 17.6 Å². The van der Waals surface area contributed by atoms with Crippen LogP contribution in [0.2, 0.25) is 0 Å². The molecule has 0 spiro atoms. The lowest BCUT2D eigenvalue weighted by atomic mass is 10.3. The molecule has 0 unspecified atom stereocenters. The number of anilines is 1. The van der Waals surface area contributed by atoms with Crippen molar-refractivity contribution in [1.82, 2.24) is 0 Å². The van der Waals surface area contributed by atoms with Crippen LogP contribution in [0.4, 0.5) is 5.69 Å². The molecule has 0 saturated carbocycles. The average Bonchev–Trinajstić information content (AvgIpc) is 2.16. The molecule has 0 radical (unpaired) electrons. The van der Waals surface area contributed by atoms with Gasteiger partial charge in [-0.15, -0.1) is 0 Å². The first kappa shape index (κ1) is 9.22. The number of nitrogens with two attached hydrogens (primary N) is 1. The molecule has 0 amide bonds. The Kier molecular flexibility index (Phi) is 3.25. The molecule has 66 valence electrons. The molecule has 1 aromatic rings. The molecule has 0 saturated heterocycles.